The molecule has 0 aromatic rings. The minimum Gasteiger partial charge on any atom is -0.378 e. The van der Waals surface area contributed by atoms with Gasteiger partial charge in [-0.15, -0.1) is 0 Å². The van der Waals surface area contributed by atoms with Crippen molar-refractivity contribution >= 4 is 0 Å². The molecular weight excluding hydrogens is 162 g/mol. The number of hydrogen-bond donors (Lipinski definition) is 0. The third kappa shape index (κ3) is 5.02. The van der Waals surface area contributed by atoms with Gasteiger partial charge in [0.1, 0.15) is 12.5 Å². The summed E-state index contributed by atoms with van der Waals surface area (Å²) in [6.07, 6.45) is 3.18. The van der Waals surface area contributed by atoms with Crippen LogP contribution >= 0.6 is 0 Å². The van der Waals surface area contributed by atoms with Crippen molar-refractivity contribution in [3.63, 3.8) is 0 Å². The van der Waals surface area contributed by atoms with E-state index in [1.54, 1.807) is 6.08 Å². The van der Waals surface area contributed by atoms with Gasteiger partial charge in [0.25, 0.3) is 0 Å². The smallest absolute Gasteiger partial charge is 0.141 e. The molecule has 0 aliphatic heterocycles. The van der Waals surface area contributed by atoms with Crippen LogP contribution in [0, 0.1) is 0 Å². The van der Waals surface area contributed by atoms with Crippen molar-refractivity contribution in [2.45, 2.75) is 13.8 Å². The maximum absolute atomic E-state index is 12.4. The summed E-state index contributed by atoms with van der Waals surface area (Å²) in [4.78, 5) is 0. The summed E-state index contributed by atoms with van der Waals surface area (Å²) in [6, 6.07) is 0. The van der Waals surface area contributed by atoms with Crippen LogP contribution < -0.4 is 0 Å². The molecule has 0 unspecified atom stereocenters. The highest BCUT2D eigenvalue weighted by atomic mass is 19.2. The lowest BCUT2D eigenvalue weighted by molar-refractivity contribution is 0.177. The van der Waals surface area contributed by atoms with Gasteiger partial charge in [-0.3, -0.25) is 0 Å². The Hall–Kier alpha value is -0.700. The molecule has 0 saturated carbocycles. The van der Waals surface area contributed by atoms with Crippen LogP contribution in [-0.4, -0.2) is 19.9 Å². The van der Waals surface area contributed by atoms with Crippen LogP contribution in [-0.2, 0) is 4.74 Å². The standard InChI is InChI=1S/C9H14F2O/c1-3-12-6-4-5-8(2)9(11)7-10/h4-5H,3,6-7H2,1-2H3/b5-4-,9-8+. The number of halogens is 2. The van der Waals surface area contributed by atoms with Gasteiger partial charge in [0.15, 0.2) is 0 Å². The van der Waals surface area contributed by atoms with Gasteiger partial charge in [-0.1, -0.05) is 12.2 Å². The maximum Gasteiger partial charge on any atom is 0.141 e. The van der Waals surface area contributed by atoms with Gasteiger partial charge in [-0.25, -0.2) is 8.78 Å². The first-order valence-electron chi connectivity index (χ1n) is 3.87. The second-order valence-corrected chi connectivity index (χ2v) is 2.28. The Morgan fingerprint density at radius 2 is 2.17 bits per heavy atom. The third-order valence-electron chi connectivity index (χ3n) is 1.33. The van der Waals surface area contributed by atoms with Crippen LogP contribution in [0.3, 0.4) is 0 Å². The van der Waals surface area contributed by atoms with Crippen molar-refractivity contribution < 1.29 is 13.5 Å². The van der Waals surface area contributed by atoms with E-state index >= 15 is 0 Å². The van der Waals surface area contributed by atoms with E-state index in [9.17, 15) is 8.78 Å². The van der Waals surface area contributed by atoms with Gasteiger partial charge in [-0.2, -0.15) is 0 Å². The fourth-order valence-electron chi connectivity index (χ4n) is 0.607. The fraction of sp³-hybridized carbons (Fsp3) is 0.556. The fourth-order valence-corrected chi connectivity index (χ4v) is 0.607. The quantitative estimate of drug-likeness (QED) is 0.462. The largest absolute Gasteiger partial charge is 0.378 e. The highest BCUT2D eigenvalue weighted by Gasteiger charge is 1.95. The van der Waals surface area contributed by atoms with Crippen molar-refractivity contribution in [3.8, 4) is 0 Å². The second kappa shape index (κ2) is 6.98. The molecule has 0 aliphatic carbocycles. The summed E-state index contributed by atoms with van der Waals surface area (Å²) >= 11 is 0. The summed E-state index contributed by atoms with van der Waals surface area (Å²) < 4.78 is 29.1. The van der Waals surface area contributed by atoms with E-state index < -0.39 is 12.5 Å². The van der Waals surface area contributed by atoms with E-state index in [-0.39, 0.29) is 0 Å². The molecule has 0 aromatic heterocycles. The zero-order chi connectivity index (χ0) is 9.40. The van der Waals surface area contributed by atoms with E-state index in [2.05, 4.69) is 0 Å². The predicted molar refractivity (Wildman–Crippen MR) is 45.4 cm³/mol. The first-order chi connectivity index (χ1) is 5.72. The second-order valence-electron chi connectivity index (χ2n) is 2.28. The molecule has 0 fully saturated rings. The zero-order valence-corrected chi connectivity index (χ0v) is 7.44. The van der Waals surface area contributed by atoms with E-state index in [0.717, 1.165) is 0 Å². The van der Waals surface area contributed by atoms with Gasteiger partial charge < -0.3 is 4.74 Å². The number of rotatable bonds is 5. The van der Waals surface area contributed by atoms with Gasteiger partial charge in [0, 0.05) is 6.61 Å². The Balaban J connectivity index is 3.82. The van der Waals surface area contributed by atoms with Crippen molar-refractivity contribution in [1.29, 1.82) is 0 Å². The monoisotopic (exact) mass is 176 g/mol. The molecule has 12 heavy (non-hydrogen) atoms. The number of allylic oxidation sites excluding steroid dienone is 3. The molecule has 0 spiro atoms. The number of alkyl halides is 1. The minimum atomic E-state index is -1.04. The Labute approximate surface area is 71.7 Å². The average Bonchev–Trinajstić information content (AvgIpc) is 2.10. The Bertz CT molecular complexity index is 173. The molecule has 0 aliphatic rings. The van der Waals surface area contributed by atoms with Gasteiger partial charge >= 0.3 is 0 Å². The molecule has 0 N–H and O–H groups in total. The van der Waals surface area contributed by atoms with Crippen LogP contribution in [0.25, 0.3) is 0 Å². The molecule has 0 atom stereocenters. The van der Waals surface area contributed by atoms with Crippen LogP contribution in [0.4, 0.5) is 8.78 Å². The van der Waals surface area contributed by atoms with Crippen molar-refractivity contribution in [3.05, 3.63) is 23.6 Å². The van der Waals surface area contributed by atoms with Gasteiger partial charge in [0.05, 0.1) is 6.61 Å². The third-order valence-corrected chi connectivity index (χ3v) is 1.33. The van der Waals surface area contributed by atoms with E-state index in [0.29, 0.717) is 18.8 Å². The lowest BCUT2D eigenvalue weighted by atomic mass is 10.2. The molecule has 0 bridgehead atoms. The van der Waals surface area contributed by atoms with Crippen LogP contribution in [0.2, 0.25) is 0 Å². The Kier molecular flexibility index (Phi) is 6.57. The summed E-state index contributed by atoms with van der Waals surface area (Å²) in [5.74, 6) is -0.720. The molecule has 0 amide bonds. The van der Waals surface area contributed by atoms with Crippen molar-refractivity contribution in [1.82, 2.24) is 0 Å². The lowest BCUT2D eigenvalue weighted by Gasteiger charge is -1.95. The Morgan fingerprint density at radius 3 is 2.67 bits per heavy atom. The molecule has 70 valence electrons. The summed E-state index contributed by atoms with van der Waals surface area (Å²) in [6.45, 7) is 3.42. The maximum atomic E-state index is 12.4. The predicted octanol–water partition coefficient (Wildman–Crippen LogP) is 2.79. The highest BCUT2D eigenvalue weighted by molar-refractivity contribution is 5.19. The zero-order valence-electron chi connectivity index (χ0n) is 7.44. The summed E-state index contributed by atoms with van der Waals surface area (Å²) in [7, 11) is 0. The average molecular weight is 176 g/mol. The van der Waals surface area contributed by atoms with Crippen LogP contribution in [0.5, 0.6) is 0 Å². The topological polar surface area (TPSA) is 9.23 Å². The van der Waals surface area contributed by atoms with E-state index in [1.807, 2.05) is 6.92 Å². The van der Waals surface area contributed by atoms with E-state index in [4.69, 9.17) is 4.74 Å². The summed E-state index contributed by atoms with van der Waals surface area (Å²) in [5, 5.41) is 0. The molecule has 0 aromatic carbocycles. The molecule has 1 nitrogen and oxygen atoms in total. The Morgan fingerprint density at radius 1 is 1.50 bits per heavy atom. The summed E-state index contributed by atoms with van der Waals surface area (Å²) in [5.41, 5.74) is 0.317. The first-order valence-corrected chi connectivity index (χ1v) is 3.87. The SMILES string of the molecule is CCOC/C=C\C(C)=C(\F)CF. The van der Waals surface area contributed by atoms with Gasteiger partial charge in [-0.05, 0) is 19.4 Å². The van der Waals surface area contributed by atoms with Crippen molar-refractivity contribution in [2.75, 3.05) is 19.9 Å². The van der Waals surface area contributed by atoms with Gasteiger partial charge in [0.2, 0.25) is 0 Å². The molecule has 0 saturated heterocycles. The molecule has 0 radical (unpaired) electrons. The van der Waals surface area contributed by atoms with Crippen LogP contribution in [0.15, 0.2) is 23.6 Å². The normalized spacial score (nSPS) is 13.7. The van der Waals surface area contributed by atoms with E-state index in [1.165, 1.54) is 13.0 Å². The molecule has 0 heterocycles. The highest BCUT2D eigenvalue weighted by Crippen LogP contribution is 2.07. The molecule has 0 rings (SSSR count). The van der Waals surface area contributed by atoms with Crippen molar-refractivity contribution in [2.24, 2.45) is 0 Å². The number of hydrogen-bond acceptors (Lipinski definition) is 1. The lowest BCUT2D eigenvalue weighted by Crippen LogP contribution is -1.88. The minimum absolute atomic E-state index is 0.317. The van der Waals surface area contributed by atoms with Crippen LogP contribution in [0.1, 0.15) is 13.8 Å². The molecular formula is C9H14F2O. The first kappa shape index (κ1) is 11.3. The number of ether oxygens (including phenoxy) is 1. The molecule has 3 heteroatoms.